The first-order valence-electron chi connectivity index (χ1n) is 11.4. The van der Waals surface area contributed by atoms with E-state index < -0.39 is 17.7 Å². The lowest BCUT2D eigenvalue weighted by molar-refractivity contribution is -0.140. The van der Waals surface area contributed by atoms with Crippen LogP contribution in [0.4, 0.5) is 0 Å². The molecule has 1 aliphatic carbocycles. The normalized spacial score (nSPS) is 20.1. The zero-order chi connectivity index (χ0) is 22.7. The van der Waals surface area contributed by atoms with Gasteiger partial charge < -0.3 is 14.7 Å². The van der Waals surface area contributed by atoms with Crippen molar-refractivity contribution in [3.8, 4) is 0 Å². The highest BCUT2D eigenvalue weighted by Gasteiger charge is 2.45. The highest BCUT2D eigenvalue weighted by atomic mass is 16.5. The third-order valence-electron chi connectivity index (χ3n) is 6.16. The monoisotopic (exact) mass is 434 g/mol. The summed E-state index contributed by atoms with van der Waals surface area (Å²) in [5.41, 5.74) is 3.92. The largest absolute Gasteiger partial charge is 0.507 e. The summed E-state index contributed by atoms with van der Waals surface area (Å²) >= 11 is 0. The van der Waals surface area contributed by atoms with Crippen LogP contribution >= 0.6 is 0 Å². The molecule has 1 unspecified atom stereocenters. The summed E-state index contributed by atoms with van der Waals surface area (Å²) in [7, 11) is 0. The summed E-state index contributed by atoms with van der Waals surface area (Å²) in [6, 6.07) is 8.79. The molecule has 168 valence electrons. The SMILES string of the molecule is CC(C)OCCCN1C(=O)C(=O)/C(=C(\O)c2ccc3c(c2)CCCC3)C1c1cccnc1. The second kappa shape index (κ2) is 9.65. The van der Waals surface area contributed by atoms with Gasteiger partial charge in [0.2, 0.25) is 0 Å². The summed E-state index contributed by atoms with van der Waals surface area (Å²) in [5, 5.41) is 11.2. The van der Waals surface area contributed by atoms with Crippen LogP contribution in [0.2, 0.25) is 0 Å². The number of aromatic nitrogens is 1. The van der Waals surface area contributed by atoms with E-state index in [0.29, 0.717) is 30.7 Å². The molecule has 32 heavy (non-hydrogen) atoms. The number of ether oxygens (including phenoxy) is 1. The number of aliphatic hydroxyl groups is 1. The highest BCUT2D eigenvalue weighted by Crippen LogP contribution is 2.39. The van der Waals surface area contributed by atoms with E-state index in [2.05, 4.69) is 4.98 Å². The first-order chi connectivity index (χ1) is 15.5. The Kier molecular flexibility index (Phi) is 6.70. The Morgan fingerprint density at radius 3 is 2.69 bits per heavy atom. The molecule has 1 aromatic carbocycles. The second-order valence-electron chi connectivity index (χ2n) is 8.74. The minimum atomic E-state index is -0.668. The van der Waals surface area contributed by atoms with E-state index in [1.165, 1.54) is 22.4 Å². The number of fused-ring (bicyclic) bond motifs is 1. The van der Waals surface area contributed by atoms with Gasteiger partial charge in [0.25, 0.3) is 11.7 Å². The summed E-state index contributed by atoms with van der Waals surface area (Å²) in [5.74, 6) is -1.37. The van der Waals surface area contributed by atoms with Crippen LogP contribution in [0.5, 0.6) is 0 Å². The number of hydrogen-bond donors (Lipinski definition) is 1. The second-order valence-corrected chi connectivity index (χ2v) is 8.74. The van der Waals surface area contributed by atoms with Crippen molar-refractivity contribution in [2.24, 2.45) is 0 Å². The van der Waals surface area contributed by atoms with Crippen molar-refractivity contribution in [1.82, 2.24) is 9.88 Å². The van der Waals surface area contributed by atoms with E-state index in [4.69, 9.17) is 4.74 Å². The Morgan fingerprint density at radius 1 is 1.19 bits per heavy atom. The van der Waals surface area contributed by atoms with Crippen LogP contribution in [-0.2, 0) is 27.2 Å². The zero-order valence-corrected chi connectivity index (χ0v) is 18.7. The maximum Gasteiger partial charge on any atom is 0.295 e. The van der Waals surface area contributed by atoms with Gasteiger partial charge >= 0.3 is 0 Å². The number of aryl methyl sites for hydroxylation is 2. The van der Waals surface area contributed by atoms with Crippen molar-refractivity contribution in [1.29, 1.82) is 0 Å². The van der Waals surface area contributed by atoms with Crippen molar-refractivity contribution < 1.29 is 19.4 Å². The van der Waals surface area contributed by atoms with Crippen LogP contribution in [0, 0.1) is 0 Å². The van der Waals surface area contributed by atoms with E-state index in [9.17, 15) is 14.7 Å². The van der Waals surface area contributed by atoms with Gasteiger partial charge in [0, 0.05) is 31.1 Å². The average Bonchev–Trinajstić information content (AvgIpc) is 3.06. The van der Waals surface area contributed by atoms with Crippen molar-refractivity contribution >= 4 is 17.4 Å². The number of rotatable bonds is 7. The van der Waals surface area contributed by atoms with Gasteiger partial charge in [-0.3, -0.25) is 14.6 Å². The molecule has 1 amide bonds. The Morgan fingerprint density at radius 2 is 1.97 bits per heavy atom. The van der Waals surface area contributed by atoms with Gasteiger partial charge in [-0.25, -0.2) is 0 Å². The molecule has 0 bridgehead atoms. The van der Waals surface area contributed by atoms with Gasteiger partial charge in [-0.15, -0.1) is 0 Å². The topological polar surface area (TPSA) is 79.7 Å². The highest BCUT2D eigenvalue weighted by molar-refractivity contribution is 6.46. The number of amides is 1. The molecule has 1 saturated heterocycles. The first kappa shape index (κ1) is 22.2. The number of likely N-dealkylation sites (tertiary alicyclic amines) is 1. The number of carbonyl (C=O) groups excluding carboxylic acids is 2. The number of benzene rings is 1. The minimum Gasteiger partial charge on any atom is -0.507 e. The van der Waals surface area contributed by atoms with Gasteiger partial charge in [-0.1, -0.05) is 18.2 Å². The molecule has 0 radical (unpaired) electrons. The molecule has 6 nitrogen and oxygen atoms in total. The van der Waals surface area contributed by atoms with Crippen molar-refractivity contribution in [2.75, 3.05) is 13.2 Å². The van der Waals surface area contributed by atoms with Crippen molar-refractivity contribution in [3.05, 3.63) is 70.6 Å². The van der Waals surface area contributed by atoms with Crippen LogP contribution in [0.1, 0.15) is 61.4 Å². The van der Waals surface area contributed by atoms with Crippen molar-refractivity contribution in [3.63, 3.8) is 0 Å². The number of hydrogen-bond acceptors (Lipinski definition) is 5. The maximum absolute atomic E-state index is 13.1. The molecule has 1 N–H and O–H groups in total. The molecule has 1 aromatic heterocycles. The third kappa shape index (κ3) is 4.46. The smallest absolute Gasteiger partial charge is 0.295 e. The molecule has 2 aliphatic rings. The fourth-order valence-corrected chi connectivity index (χ4v) is 4.59. The number of aliphatic hydroxyl groups excluding tert-OH is 1. The summed E-state index contributed by atoms with van der Waals surface area (Å²) < 4.78 is 5.60. The van der Waals surface area contributed by atoms with E-state index in [1.54, 1.807) is 18.5 Å². The predicted octanol–water partition coefficient (Wildman–Crippen LogP) is 4.20. The Balaban J connectivity index is 1.72. The molecular weight excluding hydrogens is 404 g/mol. The van der Waals surface area contributed by atoms with Crippen LogP contribution < -0.4 is 0 Å². The van der Waals surface area contributed by atoms with Gasteiger partial charge in [-0.05, 0) is 74.8 Å². The molecule has 1 aliphatic heterocycles. The Bertz CT molecular complexity index is 1030. The van der Waals surface area contributed by atoms with Gasteiger partial charge in [0.1, 0.15) is 5.76 Å². The predicted molar refractivity (Wildman–Crippen MR) is 122 cm³/mol. The standard InChI is InChI=1S/C26H30N2O4/c1-17(2)32-14-6-13-28-23(21-9-5-12-27-16-21)22(25(30)26(28)31)24(29)20-11-10-18-7-3-4-8-19(18)15-20/h5,9-12,15-17,23,29H,3-4,6-8,13-14H2,1-2H3/b24-22-. The third-order valence-corrected chi connectivity index (χ3v) is 6.16. The molecule has 1 fully saturated rings. The minimum absolute atomic E-state index is 0.101. The lowest BCUT2D eigenvalue weighted by Gasteiger charge is -2.25. The van der Waals surface area contributed by atoms with Crippen LogP contribution in [0.15, 0.2) is 48.3 Å². The Hall–Kier alpha value is -2.99. The quantitative estimate of drug-likeness (QED) is 0.306. The number of pyridine rings is 1. The summed E-state index contributed by atoms with van der Waals surface area (Å²) in [4.78, 5) is 31.8. The first-order valence-corrected chi connectivity index (χ1v) is 11.4. The van der Waals surface area contributed by atoms with Crippen LogP contribution in [-0.4, -0.2) is 45.9 Å². The fourth-order valence-electron chi connectivity index (χ4n) is 4.59. The number of Topliss-reactive ketones (excluding diaryl/α,β-unsaturated/α-hetero) is 1. The Labute approximate surface area is 188 Å². The molecular formula is C26H30N2O4. The maximum atomic E-state index is 13.1. The lowest BCUT2D eigenvalue weighted by Crippen LogP contribution is -2.31. The number of ketones is 1. The molecule has 2 aromatic rings. The van der Waals surface area contributed by atoms with E-state index in [0.717, 1.165) is 19.3 Å². The molecule has 0 spiro atoms. The molecule has 4 rings (SSSR count). The molecule has 6 heteroatoms. The summed E-state index contributed by atoms with van der Waals surface area (Å²) in [6.45, 7) is 4.77. The summed E-state index contributed by atoms with van der Waals surface area (Å²) in [6.07, 6.45) is 8.29. The van der Waals surface area contributed by atoms with E-state index in [1.807, 2.05) is 38.1 Å². The molecule has 2 heterocycles. The van der Waals surface area contributed by atoms with Crippen LogP contribution in [0.3, 0.4) is 0 Å². The van der Waals surface area contributed by atoms with Gasteiger partial charge in [0.05, 0.1) is 17.7 Å². The fraction of sp³-hybridized carbons (Fsp3) is 0.423. The lowest BCUT2D eigenvalue weighted by atomic mass is 9.89. The van der Waals surface area contributed by atoms with Crippen molar-refractivity contribution in [2.45, 2.75) is 58.1 Å². The number of nitrogens with zero attached hydrogens (tertiary/aromatic N) is 2. The van der Waals surface area contributed by atoms with E-state index in [-0.39, 0.29) is 17.4 Å². The zero-order valence-electron chi connectivity index (χ0n) is 18.7. The average molecular weight is 435 g/mol. The molecule has 0 saturated carbocycles. The van der Waals surface area contributed by atoms with Crippen LogP contribution in [0.25, 0.3) is 5.76 Å². The molecule has 1 atom stereocenters. The van der Waals surface area contributed by atoms with Gasteiger partial charge in [0.15, 0.2) is 0 Å². The van der Waals surface area contributed by atoms with Gasteiger partial charge in [-0.2, -0.15) is 0 Å². The number of carbonyl (C=O) groups is 2. The van der Waals surface area contributed by atoms with E-state index >= 15 is 0 Å².